The third-order valence-electron chi connectivity index (χ3n) is 7.26. The molecule has 0 aromatic rings. The third kappa shape index (κ3) is 2.38. The van der Waals surface area contributed by atoms with E-state index in [0.29, 0.717) is 12.6 Å². The molecule has 4 atom stereocenters. The van der Waals surface area contributed by atoms with Crippen LogP contribution >= 0.6 is 0 Å². The van der Waals surface area contributed by atoms with Gasteiger partial charge in [-0.3, -0.25) is 14.5 Å². The summed E-state index contributed by atoms with van der Waals surface area (Å²) in [6.45, 7) is 4.22. The number of hydrogen-bond acceptors (Lipinski definition) is 4. The molecule has 2 amide bonds. The Morgan fingerprint density at radius 3 is 2.77 bits per heavy atom. The average molecular weight is 359 g/mol. The highest BCUT2D eigenvalue weighted by Crippen LogP contribution is 2.52. The minimum absolute atomic E-state index is 0.0672. The van der Waals surface area contributed by atoms with Crippen molar-refractivity contribution in [1.82, 2.24) is 14.7 Å². The van der Waals surface area contributed by atoms with E-state index in [1.54, 1.807) is 4.90 Å². The molecule has 6 heteroatoms. The van der Waals surface area contributed by atoms with Crippen LogP contribution in [0.1, 0.15) is 32.1 Å². The highest BCUT2D eigenvalue weighted by Gasteiger charge is 2.66. The Morgan fingerprint density at radius 2 is 1.96 bits per heavy atom. The maximum absolute atomic E-state index is 13.4. The first-order chi connectivity index (χ1) is 12.6. The number of likely N-dealkylation sites (tertiary alicyclic amines) is 1. The van der Waals surface area contributed by atoms with Crippen molar-refractivity contribution >= 4 is 11.8 Å². The van der Waals surface area contributed by atoms with Crippen LogP contribution in [-0.2, 0) is 14.3 Å². The van der Waals surface area contributed by atoms with Crippen LogP contribution in [-0.4, -0.2) is 84.0 Å². The molecule has 5 rings (SSSR count). The van der Waals surface area contributed by atoms with Gasteiger partial charge in [-0.05, 0) is 19.3 Å². The Labute approximate surface area is 155 Å². The summed E-state index contributed by atoms with van der Waals surface area (Å²) in [6, 6.07) is 0.715. The summed E-state index contributed by atoms with van der Waals surface area (Å²) in [7, 11) is 1.81. The fourth-order valence-corrected chi connectivity index (χ4v) is 5.98. The van der Waals surface area contributed by atoms with E-state index in [-0.39, 0.29) is 29.8 Å². The highest BCUT2D eigenvalue weighted by atomic mass is 16.5. The fourth-order valence-electron chi connectivity index (χ4n) is 5.98. The van der Waals surface area contributed by atoms with Crippen molar-refractivity contribution in [2.45, 2.75) is 49.9 Å². The van der Waals surface area contributed by atoms with Gasteiger partial charge in [0.15, 0.2) is 0 Å². The van der Waals surface area contributed by atoms with E-state index in [2.05, 4.69) is 4.90 Å². The molecule has 1 aliphatic carbocycles. The molecule has 4 aliphatic heterocycles. The summed E-state index contributed by atoms with van der Waals surface area (Å²) in [6.07, 6.45) is 10.1. The molecule has 5 aliphatic rings. The summed E-state index contributed by atoms with van der Waals surface area (Å²) in [5, 5.41) is 0. The van der Waals surface area contributed by atoms with Crippen molar-refractivity contribution in [2.24, 2.45) is 11.8 Å². The van der Waals surface area contributed by atoms with E-state index in [4.69, 9.17) is 4.74 Å². The molecule has 26 heavy (non-hydrogen) atoms. The molecule has 6 nitrogen and oxygen atoms in total. The van der Waals surface area contributed by atoms with E-state index < -0.39 is 5.60 Å². The van der Waals surface area contributed by atoms with Crippen LogP contribution < -0.4 is 0 Å². The van der Waals surface area contributed by atoms with Crippen molar-refractivity contribution in [3.63, 3.8) is 0 Å². The molecule has 4 fully saturated rings. The maximum Gasteiger partial charge on any atom is 0.229 e. The minimum Gasteiger partial charge on any atom is -0.360 e. The first-order valence-electron chi connectivity index (χ1n) is 10.2. The Bertz CT molecular complexity index is 644. The zero-order chi connectivity index (χ0) is 17.9. The second-order valence-corrected chi connectivity index (χ2v) is 8.75. The molecule has 3 saturated heterocycles. The van der Waals surface area contributed by atoms with Gasteiger partial charge in [0.25, 0.3) is 0 Å². The van der Waals surface area contributed by atoms with Gasteiger partial charge in [0.05, 0.1) is 24.5 Å². The van der Waals surface area contributed by atoms with Gasteiger partial charge in [-0.25, -0.2) is 0 Å². The minimum atomic E-state index is -0.557. The van der Waals surface area contributed by atoms with Crippen molar-refractivity contribution in [2.75, 3.05) is 39.8 Å². The zero-order valence-corrected chi connectivity index (χ0v) is 15.6. The van der Waals surface area contributed by atoms with Gasteiger partial charge >= 0.3 is 0 Å². The number of rotatable bonds is 2. The van der Waals surface area contributed by atoms with Gasteiger partial charge in [-0.1, -0.05) is 25.0 Å². The monoisotopic (exact) mass is 359 g/mol. The smallest absolute Gasteiger partial charge is 0.229 e. The lowest BCUT2D eigenvalue weighted by Gasteiger charge is -2.30. The number of carbonyl (C=O) groups is 2. The van der Waals surface area contributed by atoms with Gasteiger partial charge in [0.1, 0.15) is 5.60 Å². The number of nitrogens with zero attached hydrogens (tertiary/aromatic N) is 3. The molecule has 0 N–H and O–H groups in total. The number of fused-ring (bicyclic) bond motifs is 1. The second kappa shape index (κ2) is 6.06. The zero-order valence-electron chi connectivity index (χ0n) is 15.6. The van der Waals surface area contributed by atoms with Crippen LogP contribution in [0.4, 0.5) is 0 Å². The van der Waals surface area contributed by atoms with Crippen molar-refractivity contribution in [3.8, 4) is 0 Å². The number of hydrogen-bond donors (Lipinski definition) is 0. The molecule has 2 bridgehead atoms. The molecular weight excluding hydrogens is 330 g/mol. The number of likely N-dealkylation sites (N-methyl/N-ethyl adjacent to an activating group) is 1. The van der Waals surface area contributed by atoms with Crippen molar-refractivity contribution in [3.05, 3.63) is 12.2 Å². The van der Waals surface area contributed by atoms with Crippen molar-refractivity contribution < 1.29 is 14.3 Å². The predicted molar refractivity (Wildman–Crippen MR) is 96.4 cm³/mol. The summed E-state index contributed by atoms with van der Waals surface area (Å²) in [5.74, 6) is -0.472. The molecule has 1 spiro atoms. The van der Waals surface area contributed by atoms with Gasteiger partial charge in [0, 0.05) is 39.3 Å². The topological polar surface area (TPSA) is 53.1 Å². The van der Waals surface area contributed by atoms with Crippen LogP contribution in [0, 0.1) is 11.8 Å². The SMILES string of the molecule is CN1C[C@]23C=C[C@H](O2)[C@H](C(=O)N2CCCN(C4CCCC4)CC2)[C@@H]3C1=O. The fraction of sp³-hybridized carbons (Fsp3) is 0.800. The maximum atomic E-state index is 13.4. The summed E-state index contributed by atoms with van der Waals surface area (Å²) in [4.78, 5) is 32.4. The molecule has 0 radical (unpaired) electrons. The predicted octanol–water partition coefficient (Wildman–Crippen LogP) is 0.875. The second-order valence-electron chi connectivity index (χ2n) is 8.75. The average Bonchev–Trinajstić information content (AvgIpc) is 3.36. The largest absolute Gasteiger partial charge is 0.360 e. The standard InChI is InChI=1S/C20H29N3O3/c1-21-13-20-8-7-15(26-20)16(17(20)19(21)25)18(24)23-10-4-9-22(11-12-23)14-5-2-3-6-14/h7-8,14-17H,2-6,9-13H2,1H3/t15-,16-,17+,20-/m0/s1. The third-order valence-corrected chi connectivity index (χ3v) is 7.26. The molecule has 142 valence electrons. The lowest BCUT2D eigenvalue weighted by molar-refractivity contribution is -0.142. The summed E-state index contributed by atoms with van der Waals surface area (Å²) >= 11 is 0. The van der Waals surface area contributed by atoms with Crippen LogP contribution in [0.25, 0.3) is 0 Å². The lowest BCUT2D eigenvalue weighted by Crippen LogP contribution is -2.47. The number of carbonyl (C=O) groups excluding carboxylic acids is 2. The number of ether oxygens (including phenoxy) is 1. The van der Waals surface area contributed by atoms with E-state index in [9.17, 15) is 9.59 Å². The Kier molecular flexibility index (Phi) is 3.90. The van der Waals surface area contributed by atoms with Gasteiger partial charge in [0.2, 0.25) is 11.8 Å². The molecule has 4 heterocycles. The van der Waals surface area contributed by atoms with E-state index in [1.165, 1.54) is 25.7 Å². The van der Waals surface area contributed by atoms with Crippen LogP contribution in [0.3, 0.4) is 0 Å². The van der Waals surface area contributed by atoms with Gasteiger partial charge in [-0.15, -0.1) is 0 Å². The van der Waals surface area contributed by atoms with Gasteiger partial charge in [-0.2, -0.15) is 0 Å². The Morgan fingerprint density at radius 1 is 1.15 bits per heavy atom. The van der Waals surface area contributed by atoms with E-state index in [0.717, 1.165) is 32.6 Å². The molecule has 0 aromatic carbocycles. The summed E-state index contributed by atoms with van der Waals surface area (Å²) < 4.78 is 6.15. The van der Waals surface area contributed by atoms with Gasteiger partial charge < -0.3 is 14.5 Å². The van der Waals surface area contributed by atoms with E-state index >= 15 is 0 Å². The molecule has 0 aromatic heterocycles. The van der Waals surface area contributed by atoms with Crippen LogP contribution in [0.2, 0.25) is 0 Å². The lowest BCUT2D eigenvalue weighted by atomic mass is 9.76. The first-order valence-corrected chi connectivity index (χ1v) is 10.2. The number of amides is 2. The quantitative estimate of drug-likeness (QED) is 0.687. The summed E-state index contributed by atoms with van der Waals surface area (Å²) in [5.41, 5.74) is -0.557. The Hall–Kier alpha value is -1.40. The van der Waals surface area contributed by atoms with E-state index in [1.807, 2.05) is 24.1 Å². The van der Waals surface area contributed by atoms with Crippen LogP contribution in [0.15, 0.2) is 12.2 Å². The molecule has 0 unspecified atom stereocenters. The Balaban J connectivity index is 1.31. The molecule has 1 saturated carbocycles. The highest BCUT2D eigenvalue weighted by molar-refractivity contribution is 5.92. The van der Waals surface area contributed by atoms with Crippen LogP contribution in [0.5, 0.6) is 0 Å². The molecular formula is C20H29N3O3. The first kappa shape index (κ1) is 16.8. The van der Waals surface area contributed by atoms with Crippen molar-refractivity contribution in [1.29, 1.82) is 0 Å². The normalized spacial score (nSPS) is 40.5.